The van der Waals surface area contributed by atoms with Crippen molar-refractivity contribution in [1.29, 1.82) is 0 Å². The van der Waals surface area contributed by atoms with Crippen LogP contribution in [0.3, 0.4) is 0 Å². The van der Waals surface area contributed by atoms with Crippen LogP contribution >= 0.6 is 0 Å². The van der Waals surface area contributed by atoms with Crippen LogP contribution < -0.4 is 0 Å². The zero-order valence-corrected chi connectivity index (χ0v) is 14.1. The highest BCUT2D eigenvalue weighted by atomic mass is 16.5. The summed E-state index contributed by atoms with van der Waals surface area (Å²) in [5.41, 5.74) is 2.32. The largest absolute Gasteiger partial charge is 0.480 e. The van der Waals surface area contributed by atoms with E-state index in [9.17, 15) is 9.59 Å². The van der Waals surface area contributed by atoms with Gasteiger partial charge in [-0.1, -0.05) is 60.7 Å². The molecule has 2 rings (SSSR count). The zero-order chi connectivity index (χ0) is 17.9. The molecule has 1 N–H and O–H groups in total. The first kappa shape index (κ1) is 18.7. The maximum absolute atomic E-state index is 12.4. The number of amides is 1. The molecule has 1 amide bonds. The van der Waals surface area contributed by atoms with Crippen molar-refractivity contribution in [2.75, 3.05) is 26.3 Å². The minimum absolute atomic E-state index is 0.187. The molecule has 5 heteroatoms. The Labute approximate surface area is 147 Å². The Kier molecular flexibility index (Phi) is 7.66. The van der Waals surface area contributed by atoms with Gasteiger partial charge in [0, 0.05) is 13.1 Å². The number of carboxylic acid groups (broad SMARTS) is 1. The van der Waals surface area contributed by atoms with Crippen molar-refractivity contribution in [3.05, 3.63) is 71.8 Å². The van der Waals surface area contributed by atoms with Crippen molar-refractivity contribution in [2.24, 2.45) is 0 Å². The quantitative estimate of drug-likeness (QED) is 0.721. The summed E-state index contributed by atoms with van der Waals surface area (Å²) < 4.78 is 4.95. The van der Waals surface area contributed by atoms with Crippen LogP contribution in [0.2, 0.25) is 0 Å². The third-order valence-corrected chi connectivity index (χ3v) is 3.83. The van der Waals surface area contributed by atoms with Gasteiger partial charge in [-0.15, -0.1) is 0 Å². The molecule has 0 aliphatic rings. The van der Waals surface area contributed by atoms with Crippen LogP contribution in [0.4, 0.5) is 0 Å². The third-order valence-electron chi connectivity index (χ3n) is 3.83. The van der Waals surface area contributed by atoms with Gasteiger partial charge in [-0.05, 0) is 24.0 Å². The van der Waals surface area contributed by atoms with Crippen LogP contribution in [-0.4, -0.2) is 48.2 Å². The van der Waals surface area contributed by atoms with Crippen molar-refractivity contribution in [1.82, 2.24) is 4.90 Å². The molecule has 132 valence electrons. The fourth-order valence-corrected chi connectivity index (χ4v) is 2.50. The fourth-order valence-electron chi connectivity index (χ4n) is 2.50. The molecule has 0 radical (unpaired) electrons. The number of carbonyl (C=O) groups is 2. The van der Waals surface area contributed by atoms with Gasteiger partial charge in [0.15, 0.2) is 0 Å². The molecule has 0 bridgehead atoms. The predicted octanol–water partition coefficient (Wildman–Crippen LogP) is 2.40. The summed E-state index contributed by atoms with van der Waals surface area (Å²) in [4.78, 5) is 24.6. The average Bonchev–Trinajstić information content (AvgIpc) is 2.63. The number of benzene rings is 2. The van der Waals surface area contributed by atoms with Crippen LogP contribution in [-0.2, 0) is 27.2 Å². The Morgan fingerprint density at radius 3 is 1.72 bits per heavy atom. The highest BCUT2D eigenvalue weighted by Gasteiger charge is 2.14. The van der Waals surface area contributed by atoms with E-state index >= 15 is 0 Å². The van der Waals surface area contributed by atoms with E-state index in [0.29, 0.717) is 13.1 Å². The second-order valence-corrected chi connectivity index (χ2v) is 5.74. The Bertz CT molecular complexity index is 614. The van der Waals surface area contributed by atoms with Gasteiger partial charge in [0.1, 0.15) is 13.2 Å². The lowest BCUT2D eigenvalue weighted by Gasteiger charge is -2.23. The molecule has 0 saturated carbocycles. The number of ether oxygens (including phenoxy) is 1. The van der Waals surface area contributed by atoms with Gasteiger partial charge in [-0.3, -0.25) is 4.79 Å². The lowest BCUT2D eigenvalue weighted by molar-refractivity contribution is -0.145. The molecule has 25 heavy (non-hydrogen) atoms. The van der Waals surface area contributed by atoms with Crippen LogP contribution in [0.25, 0.3) is 0 Å². The summed E-state index contributed by atoms with van der Waals surface area (Å²) in [6.07, 6.45) is 1.50. The lowest BCUT2D eigenvalue weighted by atomic mass is 10.1. The number of rotatable bonds is 10. The number of hydrogen-bond acceptors (Lipinski definition) is 3. The summed E-state index contributed by atoms with van der Waals surface area (Å²) in [5, 5.41) is 8.62. The minimum Gasteiger partial charge on any atom is -0.480 e. The molecule has 0 atom stereocenters. The van der Waals surface area contributed by atoms with E-state index in [1.165, 1.54) is 0 Å². The van der Waals surface area contributed by atoms with Crippen molar-refractivity contribution in [3.8, 4) is 0 Å². The minimum atomic E-state index is -1.08. The summed E-state index contributed by atoms with van der Waals surface area (Å²) in [5.74, 6) is -1.26. The smallest absolute Gasteiger partial charge is 0.329 e. The second kappa shape index (κ2) is 10.3. The standard InChI is InChI=1S/C20H23NO4/c22-19(15-25-16-20(23)24)21(13-11-17-7-3-1-4-8-17)14-12-18-9-5-2-6-10-18/h1-10H,11-16H2,(H,23,24). The summed E-state index contributed by atoms with van der Waals surface area (Å²) in [7, 11) is 0. The molecular formula is C20H23NO4. The topological polar surface area (TPSA) is 66.8 Å². The van der Waals surface area contributed by atoms with E-state index in [-0.39, 0.29) is 12.5 Å². The fraction of sp³-hybridized carbons (Fsp3) is 0.300. The molecule has 2 aromatic rings. The normalized spacial score (nSPS) is 10.4. The van der Waals surface area contributed by atoms with Crippen LogP contribution in [0.1, 0.15) is 11.1 Å². The highest BCUT2D eigenvalue weighted by Crippen LogP contribution is 2.05. The Hall–Kier alpha value is -2.66. The molecule has 0 spiro atoms. The van der Waals surface area contributed by atoms with Gasteiger partial charge < -0.3 is 14.7 Å². The van der Waals surface area contributed by atoms with Gasteiger partial charge >= 0.3 is 5.97 Å². The van der Waals surface area contributed by atoms with E-state index in [1.54, 1.807) is 4.90 Å². The van der Waals surface area contributed by atoms with E-state index in [4.69, 9.17) is 9.84 Å². The predicted molar refractivity (Wildman–Crippen MR) is 95.3 cm³/mol. The molecule has 0 heterocycles. The number of nitrogens with zero attached hydrogens (tertiary/aromatic N) is 1. The van der Waals surface area contributed by atoms with E-state index in [0.717, 1.165) is 24.0 Å². The van der Waals surface area contributed by atoms with Gasteiger partial charge in [0.25, 0.3) is 0 Å². The second-order valence-electron chi connectivity index (χ2n) is 5.74. The average molecular weight is 341 g/mol. The number of carboxylic acids is 1. The molecule has 0 aromatic heterocycles. The summed E-state index contributed by atoms with van der Waals surface area (Å²) in [6.45, 7) is 0.477. The van der Waals surface area contributed by atoms with Crippen LogP contribution in [0.5, 0.6) is 0 Å². The Balaban J connectivity index is 1.91. The van der Waals surface area contributed by atoms with Crippen molar-refractivity contribution in [3.63, 3.8) is 0 Å². The van der Waals surface area contributed by atoms with Crippen molar-refractivity contribution < 1.29 is 19.4 Å². The molecule has 0 aliphatic heterocycles. The van der Waals surface area contributed by atoms with E-state index in [2.05, 4.69) is 0 Å². The Morgan fingerprint density at radius 1 is 0.800 bits per heavy atom. The van der Waals surface area contributed by atoms with Gasteiger partial charge in [-0.2, -0.15) is 0 Å². The molecule has 0 aliphatic carbocycles. The van der Waals surface area contributed by atoms with E-state index < -0.39 is 12.6 Å². The third kappa shape index (κ3) is 7.18. The molecular weight excluding hydrogens is 318 g/mol. The molecule has 0 fully saturated rings. The van der Waals surface area contributed by atoms with Crippen LogP contribution in [0, 0.1) is 0 Å². The first-order valence-corrected chi connectivity index (χ1v) is 8.30. The molecule has 0 saturated heterocycles. The number of aliphatic carboxylic acids is 1. The number of hydrogen-bond donors (Lipinski definition) is 1. The highest BCUT2D eigenvalue weighted by molar-refractivity contribution is 5.78. The first-order valence-electron chi connectivity index (χ1n) is 8.30. The first-order chi connectivity index (χ1) is 12.1. The van der Waals surface area contributed by atoms with Crippen molar-refractivity contribution >= 4 is 11.9 Å². The van der Waals surface area contributed by atoms with Gasteiger partial charge in [0.2, 0.25) is 5.91 Å². The SMILES string of the molecule is O=C(O)COCC(=O)N(CCc1ccccc1)CCc1ccccc1. The monoisotopic (exact) mass is 341 g/mol. The Morgan fingerprint density at radius 2 is 1.28 bits per heavy atom. The number of carbonyl (C=O) groups excluding carboxylic acids is 1. The maximum atomic E-state index is 12.4. The van der Waals surface area contributed by atoms with Crippen molar-refractivity contribution in [2.45, 2.75) is 12.8 Å². The molecule has 0 unspecified atom stereocenters. The maximum Gasteiger partial charge on any atom is 0.329 e. The molecule has 5 nitrogen and oxygen atoms in total. The summed E-state index contributed by atoms with van der Waals surface area (Å²) in [6, 6.07) is 19.9. The lowest BCUT2D eigenvalue weighted by Crippen LogP contribution is -2.37. The van der Waals surface area contributed by atoms with Gasteiger partial charge in [0.05, 0.1) is 0 Å². The zero-order valence-electron chi connectivity index (χ0n) is 14.1. The molecule has 2 aromatic carbocycles. The van der Waals surface area contributed by atoms with Crippen LogP contribution in [0.15, 0.2) is 60.7 Å². The van der Waals surface area contributed by atoms with Gasteiger partial charge in [-0.25, -0.2) is 4.79 Å². The summed E-state index contributed by atoms with van der Waals surface area (Å²) >= 11 is 0. The van der Waals surface area contributed by atoms with E-state index in [1.807, 2.05) is 60.7 Å².